The molecule has 0 unspecified atom stereocenters. The molecule has 1 saturated carbocycles. The smallest absolute Gasteiger partial charge is 0.251 e. The van der Waals surface area contributed by atoms with Gasteiger partial charge in [0.15, 0.2) is 0 Å². The first-order valence-corrected chi connectivity index (χ1v) is 10.0. The molecule has 0 spiro atoms. The number of rotatable bonds is 6. The highest BCUT2D eigenvalue weighted by atomic mass is 16.1. The average Bonchev–Trinajstić information content (AvgIpc) is 3.51. The van der Waals surface area contributed by atoms with E-state index in [9.17, 15) is 4.79 Å². The number of anilines is 1. The number of benzene rings is 2. The van der Waals surface area contributed by atoms with E-state index in [1.54, 1.807) is 0 Å². The molecule has 1 amide bonds. The van der Waals surface area contributed by atoms with Crippen molar-refractivity contribution in [3.63, 3.8) is 0 Å². The normalized spacial score (nSPS) is 14.1. The molecular formula is C23H27N5O. The molecular weight excluding hydrogens is 362 g/mol. The standard InChI is InChI=1S/C23H27N5O/c1-14-4-5-16(21(29)26-18-7-8-18)11-19(14)15-6-9-20-17(10-15)12-25-22(27-20)28-23(2,3)13-24/h4-6,9-12,18H,7-8,13,24H2,1-3H3,(H,26,29)(H,25,27,28). The fraction of sp³-hybridized carbons (Fsp3) is 0.348. The fourth-order valence-electron chi connectivity index (χ4n) is 3.19. The van der Waals surface area contributed by atoms with Gasteiger partial charge in [0.1, 0.15) is 0 Å². The largest absolute Gasteiger partial charge is 0.349 e. The quantitative estimate of drug-likeness (QED) is 0.598. The van der Waals surface area contributed by atoms with Crippen molar-refractivity contribution < 1.29 is 4.79 Å². The number of aryl methyl sites for hydroxylation is 1. The van der Waals surface area contributed by atoms with E-state index in [0.29, 0.717) is 24.1 Å². The summed E-state index contributed by atoms with van der Waals surface area (Å²) in [7, 11) is 0. The van der Waals surface area contributed by atoms with Crippen LogP contribution in [-0.2, 0) is 0 Å². The summed E-state index contributed by atoms with van der Waals surface area (Å²) >= 11 is 0. The molecule has 3 aromatic rings. The minimum Gasteiger partial charge on any atom is -0.349 e. The summed E-state index contributed by atoms with van der Waals surface area (Å²) in [6, 6.07) is 12.3. The van der Waals surface area contributed by atoms with Crippen LogP contribution in [0, 0.1) is 6.92 Å². The van der Waals surface area contributed by atoms with Gasteiger partial charge in [-0.05, 0) is 74.6 Å². The van der Waals surface area contributed by atoms with Gasteiger partial charge in [-0.25, -0.2) is 9.97 Å². The van der Waals surface area contributed by atoms with E-state index < -0.39 is 0 Å². The Labute approximate surface area is 170 Å². The van der Waals surface area contributed by atoms with Crippen LogP contribution in [0.25, 0.3) is 22.0 Å². The maximum atomic E-state index is 12.4. The lowest BCUT2D eigenvalue weighted by atomic mass is 9.97. The molecule has 0 atom stereocenters. The predicted octanol–water partition coefficient (Wildman–Crippen LogP) is 3.65. The van der Waals surface area contributed by atoms with Gasteiger partial charge in [-0.2, -0.15) is 0 Å². The van der Waals surface area contributed by atoms with Gasteiger partial charge < -0.3 is 16.4 Å². The third kappa shape index (κ3) is 4.38. The van der Waals surface area contributed by atoms with Gasteiger partial charge in [0, 0.05) is 35.3 Å². The topological polar surface area (TPSA) is 92.9 Å². The number of nitrogens with one attached hydrogen (secondary N) is 2. The summed E-state index contributed by atoms with van der Waals surface area (Å²) in [6.45, 7) is 6.56. The van der Waals surface area contributed by atoms with E-state index in [1.165, 1.54) is 0 Å². The lowest BCUT2D eigenvalue weighted by Gasteiger charge is -2.24. The van der Waals surface area contributed by atoms with Crippen LogP contribution in [0.15, 0.2) is 42.6 Å². The second-order valence-electron chi connectivity index (χ2n) is 8.46. The summed E-state index contributed by atoms with van der Waals surface area (Å²) in [4.78, 5) is 21.5. The highest BCUT2D eigenvalue weighted by molar-refractivity contribution is 5.96. The van der Waals surface area contributed by atoms with Crippen LogP contribution in [0.3, 0.4) is 0 Å². The SMILES string of the molecule is Cc1ccc(C(=O)NC2CC2)cc1-c1ccc2nc(NC(C)(C)CN)ncc2c1. The Morgan fingerprint density at radius 1 is 1.21 bits per heavy atom. The molecule has 29 heavy (non-hydrogen) atoms. The Hall–Kier alpha value is -2.99. The van der Waals surface area contributed by atoms with E-state index >= 15 is 0 Å². The molecule has 0 aliphatic heterocycles. The third-order valence-electron chi connectivity index (χ3n) is 5.26. The van der Waals surface area contributed by atoms with Crippen LogP contribution in [0.1, 0.15) is 42.6 Å². The molecule has 1 heterocycles. The predicted molar refractivity (Wildman–Crippen MR) is 117 cm³/mol. The van der Waals surface area contributed by atoms with Gasteiger partial charge in [-0.15, -0.1) is 0 Å². The molecule has 1 fully saturated rings. The second kappa shape index (κ2) is 7.44. The number of carbonyl (C=O) groups excluding carboxylic acids is 1. The second-order valence-corrected chi connectivity index (χ2v) is 8.46. The highest BCUT2D eigenvalue weighted by Crippen LogP contribution is 2.28. The van der Waals surface area contributed by atoms with Crippen LogP contribution in [0.5, 0.6) is 0 Å². The Morgan fingerprint density at radius 2 is 2.00 bits per heavy atom. The summed E-state index contributed by atoms with van der Waals surface area (Å²) < 4.78 is 0. The van der Waals surface area contributed by atoms with E-state index in [2.05, 4.69) is 33.6 Å². The van der Waals surface area contributed by atoms with Gasteiger partial charge in [0.05, 0.1) is 5.52 Å². The highest BCUT2D eigenvalue weighted by Gasteiger charge is 2.24. The molecule has 0 bridgehead atoms. The monoisotopic (exact) mass is 389 g/mol. The number of hydrogen-bond acceptors (Lipinski definition) is 5. The molecule has 4 rings (SSSR count). The van der Waals surface area contributed by atoms with Crippen molar-refractivity contribution >= 4 is 22.8 Å². The first-order valence-electron chi connectivity index (χ1n) is 10.0. The summed E-state index contributed by atoms with van der Waals surface area (Å²) in [5.74, 6) is 0.562. The molecule has 1 aliphatic rings. The number of amides is 1. The van der Waals surface area contributed by atoms with Crippen molar-refractivity contribution in [2.24, 2.45) is 5.73 Å². The summed E-state index contributed by atoms with van der Waals surface area (Å²) in [5.41, 5.74) is 10.3. The molecule has 6 nitrogen and oxygen atoms in total. The number of aromatic nitrogens is 2. The first-order chi connectivity index (χ1) is 13.8. The number of nitrogens with two attached hydrogens (primary N) is 1. The molecule has 0 saturated heterocycles. The zero-order chi connectivity index (χ0) is 20.6. The molecule has 6 heteroatoms. The number of hydrogen-bond donors (Lipinski definition) is 3. The maximum absolute atomic E-state index is 12.4. The van der Waals surface area contributed by atoms with E-state index in [4.69, 9.17) is 5.73 Å². The van der Waals surface area contributed by atoms with Crippen LogP contribution >= 0.6 is 0 Å². The van der Waals surface area contributed by atoms with E-state index in [1.807, 2.05) is 50.4 Å². The summed E-state index contributed by atoms with van der Waals surface area (Å²) in [6.07, 6.45) is 3.97. The van der Waals surface area contributed by atoms with Gasteiger partial charge in [0.2, 0.25) is 5.95 Å². The third-order valence-corrected chi connectivity index (χ3v) is 5.26. The van der Waals surface area contributed by atoms with Crippen molar-refractivity contribution in [3.8, 4) is 11.1 Å². The molecule has 0 radical (unpaired) electrons. The Bertz CT molecular complexity index is 1070. The Balaban J connectivity index is 1.64. The molecule has 2 aromatic carbocycles. The minimum absolute atomic E-state index is 0.00360. The van der Waals surface area contributed by atoms with Crippen LogP contribution < -0.4 is 16.4 Å². The van der Waals surface area contributed by atoms with Crippen LogP contribution in [0.4, 0.5) is 5.95 Å². The summed E-state index contributed by atoms with van der Waals surface area (Å²) in [5, 5.41) is 7.27. The molecule has 150 valence electrons. The zero-order valence-electron chi connectivity index (χ0n) is 17.1. The lowest BCUT2D eigenvalue weighted by molar-refractivity contribution is 0.0951. The van der Waals surface area contributed by atoms with Crippen molar-refractivity contribution in [1.29, 1.82) is 0 Å². The molecule has 1 aliphatic carbocycles. The average molecular weight is 390 g/mol. The van der Waals surface area contributed by atoms with Gasteiger partial charge >= 0.3 is 0 Å². The fourth-order valence-corrected chi connectivity index (χ4v) is 3.19. The van der Waals surface area contributed by atoms with Crippen molar-refractivity contribution in [2.45, 2.75) is 45.2 Å². The van der Waals surface area contributed by atoms with Crippen molar-refractivity contribution in [1.82, 2.24) is 15.3 Å². The number of fused-ring (bicyclic) bond motifs is 1. The minimum atomic E-state index is -0.272. The van der Waals surface area contributed by atoms with Gasteiger partial charge in [0.25, 0.3) is 5.91 Å². The Kier molecular flexibility index (Phi) is 4.96. The maximum Gasteiger partial charge on any atom is 0.251 e. The van der Waals surface area contributed by atoms with E-state index in [-0.39, 0.29) is 11.4 Å². The van der Waals surface area contributed by atoms with Crippen LogP contribution in [0.2, 0.25) is 0 Å². The number of nitrogens with zero attached hydrogens (tertiary/aromatic N) is 2. The Morgan fingerprint density at radius 3 is 2.72 bits per heavy atom. The van der Waals surface area contributed by atoms with Gasteiger partial charge in [-0.1, -0.05) is 12.1 Å². The zero-order valence-corrected chi connectivity index (χ0v) is 17.1. The van der Waals surface area contributed by atoms with Crippen molar-refractivity contribution in [2.75, 3.05) is 11.9 Å². The van der Waals surface area contributed by atoms with Crippen molar-refractivity contribution in [3.05, 3.63) is 53.7 Å². The lowest BCUT2D eigenvalue weighted by Crippen LogP contribution is -2.39. The van der Waals surface area contributed by atoms with Gasteiger partial charge in [-0.3, -0.25) is 4.79 Å². The number of carbonyl (C=O) groups is 1. The molecule has 1 aromatic heterocycles. The van der Waals surface area contributed by atoms with Crippen LogP contribution in [-0.4, -0.2) is 34.0 Å². The molecule has 4 N–H and O–H groups in total. The van der Waals surface area contributed by atoms with E-state index in [0.717, 1.165) is 40.4 Å². The first kappa shape index (κ1) is 19.3.